The molecule has 0 atom stereocenters. The lowest BCUT2D eigenvalue weighted by Gasteiger charge is -2.23. The van der Waals surface area contributed by atoms with E-state index in [9.17, 15) is 4.79 Å². The minimum atomic E-state index is -0.994. The van der Waals surface area contributed by atoms with Gasteiger partial charge in [-0.3, -0.25) is 4.79 Å². The molecule has 0 aromatic carbocycles. The second kappa shape index (κ2) is 3.53. The molecule has 0 heterocycles. The fourth-order valence-corrected chi connectivity index (χ4v) is 0.502. The van der Waals surface area contributed by atoms with E-state index in [2.05, 4.69) is 0 Å². The Morgan fingerprint density at radius 2 is 1.90 bits per heavy atom. The smallest absolute Gasteiger partial charge is 0.308 e. The number of carboxylic acid groups (broad SMARTS) is 1. The average Bonchev–Trinajstić information content (AvgIpc) is 1.87. The van der Waals surface area contributed by atoms with Crippen molar-refractivity contribution in [1.82, 2.24) is 0 Å². The summed E-state index contributed by atoms with van der Waals surface area (Å²) in [5.74, 6) is -1.93. The maximum Gasteiger partial charge on any atom is 0.308 e. The topological polar surface area (TPSA) is 55.8 Å². The van der Waals surface area contributed by atoms with Gasteiger partial charge in [-0.2, -0.15) is 0 Å². The van der Waals surface area contributed by atoms with Crippen molar-refractivity contribution in [3.8, 4) is 0 Å². The Labute approximate surface area is 59.7 Å². The molecule has 0 bridgehead atoms. The van der Waals surface area contributed by atoms with Crippen LogP contribution in [-0.4, -0.2) is 31.1 Å². The third-order valence-electron chi connectivity index (χ3n) is 1.34. The molecule has 0 aliphatic rings. The van der Waals surface area contributed by atoms with E-state index in [1.807, 2.05) is 0 Å². The molecule has 1 N–H and O–H groups in total. The molecule has 0 aromatic heterocycles. The zero-order valence-corrected chi connectivity index (χ0v) is 6.38. The van der Waals surface area contributed by atoms with Crippen LogP contribution in [0.1, 0.15) is 13.3 Å². The Kier molecular flexibility index (Phi) is 3.32. The molecule has 0 aliphatic heterocycles. The number of carbonyl (C=O) groups is 1. The molecule has 0 fully saturated rings. The average molecular weight is 148 g/mol. The predicted octanol–water partition coefficient (Wildman–Crippen LogP) is 0.470. The Bertz CT molecular complexity index is 117. The van der Waals surface area contributed by atoms with E-state index >= 15 is 0 Å². The Balaban J connectivity index is 3.92. The van der Waals surface area contributed by atoms with Crippen molar-refractivity contribution in [1.29, 1.82) is 0 Å². The molecule has 0 aliphatic carbocycles. The van der Waals surface area contributed by atoms with Gasteiger partial charge >= 0.3 is 5.97 Å². The number of methoxy groups -OCH3 is 2. The normalized spacial score (nSPS) is 11.5. The van der Waals surface area contributed by atoms with Crippen LogP contribution in [0, 0.1) is 0 Å². The molecule has 4 heteroatoms. The molecule has 0 saturated carbocycles. The van der Waals surface area contributed by atoms with Crippen molar-refractivity contribution in [2.24, 2.45) is 0 Å². The van der Waals surface area contributed by atoms with Crippen LogP contribution in [0.2, 0.25) is 0 Å². The number of aliphatic carboxylic acids is 1. The van der Waals surface area contributed by atoms with Crippen molar-refractivity contribution < 1.29 is 19.4 Å². The largest absolute Gasteiger partial charge is 0.481 e. The van der Waals surface area contributed by atoms with Crippen molar-refractivity contribution in [2.75, 3.05) is 14.2 Å². The van der Waals surface area contributed by atoms with Gasteiger partial charge < -0.3 is 14.6 Å². The summed E-state index contributed by atoms with van der Waals surface area (Å²) in [5, 5.41) is 8.35. The third-order valence-corrected chi connectivity index (χ3v) is 1.34. The number of rotatable bonds is 4. The number of carboxylic acids is 1. The molecular weight excluding hydrogens is 136 g/mol. The predicted molar refractivity (Wildman–Crippen MR) is 34.7 cm³/mol. The van der Waals surface area contributed by atoms with E-state index < -0.39 is 11.8 Å². The zero-order valence-electron chi connectivity index (χ0n) is 6.38. The van der Waals surface area contributed by atoms with Gasteiger partial charge in [-0.25, -0.2) is 0 Å². The van der Waals surface area contributed by atoms with Crippen LogP contribution in [0.25, 0.3) is 0 Å². The molecule has 60 valence electrons. The van der Waals surface area contributed by atoms with E-state index in [1.165, 1.54) is 14.2 Å². The molecule has 0 amide bonds. The summed E-state index contributed by atoms with van der Waals surface area (Å²) in [5.41, 5.74) is 0. The summed E-state index contributed by atoms with van der Waals surface area (Å²) in [4.78, 5) is 10.2. The van der Waals surface area contributed by atoms with Crippen LogP contribution in [0.3, 0.4) is 0 Å². The van der Waals surface area contributed by atoms with Crippen LogP contribution in [0.15, 0.2) is 0 Å². The molecule has 4 nitrogen and oxygen atoms in total. The van der Waals surface area contributed by atoms with E-state index in [-0.39, 0.29) is 6.42 Å². The number of hydrogen-bond donors (Lipinski definition) is 1. The lowest BCUT2D eigenvalue weighted by atomic mass is 10.2. The fraction of sp³-hybridized carbons (Fsp3) is 0.833. The molecule has 0 radical (unpaired) electrons. The first kappa shape index (κ1) is 9.39. The monoisotopic (exact) mass is 148 g/mol. The second-order valence-electron chi connectivity index (χ2n) is 2.11. The van der Waals surface area contributed by atoms with Gasteiger partial charge in [0.15, 0.2) is 5.79 Å². The van der Waals surface area contributed by atoms with Crippen LogP contribution in [0.4, 0.5) is 0 Å². The maximum absolute atomic E-state index is 10.2. The summed E-state index contributed by atoms with van der Waals surface area (Å²) in [6, 6.07) is 0. The highest BCUT2D eigenvalue weighted by Crippen LogP contribution is 2.13. The van der Waals surface area contributed by atoms with Gasteiger partial charge in [0.1, 0.15) is 0 Å². The van der Waals surface area contributed by atoms with Crippen molar-refractivity contribution in [3.05, 3.63) is 0 Å². The van der Waals surface area contributed by atoms with Crippen LogP contribution in [0.5, 0.6) is 0 Å². The lowest BCUT2D eigenvalue weighted by molar-refractivity contribution is -0.203. The summed E-state index contributed by atoms with van der Waals surface area (Å²) in [6.07, 6.45) is -0.153. The summed E-state index contributed by atoms with van der Waals surface area (Å²) >= 11 is 0. The standard InChI is InChI=1S/C6H12O4/c1-6(9-2,10-3)4-5(7)8/h4H2,1-3H3,(H,7,8). The fourth-order valence-electron chi connectivity index (χ4n) is 0.502. The van der Waals surface area contributed by atoms with Crippen molar-refractivity contribution >= 4 is 5.97 Å². The van der Waals surface area contributed by atoms with E-state index in [1.54, 1.807) is 6.92 Å². The van der Waals surface area contributed by atoms with Crippen LogP contribution >= 0.6 is 0 Å². The van der Waals surface area contributed by atoms with Crippen LogP contribution < -0.4 is 0 Å². The summed E-state index contributed by atoms with van der Waals surface area (Å²) in [7, 11) is 2.82. The number of hydrogen-bond acceptors (Lipinski definition) is 3. The Morgan fingerprint density at radius 3 is 2.00 bits per heavy atom. The molecule has 0 unspecified atom stereocenters. The third kappa shape index (κ3) is 2.80. The first-order chi connectivity index (χ1) is 4.54. The van der Waals surface area contributed by atoms with Crippen molar-refractivity contribution in [3.63, 3.8) is 0 Å². The highest BCUT2D eigenvalue weighted by atomic mass is 16.7. The van der Waals surface area contributed by atoms with Gasteiger partial charge in [0.05, 0.1) is 6.42 Å². The first-order valence-corrected chi connectivity index (χ1v) is 2.86. The Morgan fingerprint density at radius 1 is 1.50 bits per heavy atom. The molecular formula is C6H12O4. The SMILES string of the molecule is COC(C)(CC(=O)O)OC. The lowest BCUT2D eigenvalue weighted by Crippen LogP contribution is -2.32. The van der Waals surface area contributed by atoms with Crippen LogP contribution in [-0.2, 0) is 14.3 Å². The van der Waals surface area contributed by atoms with Crippen molar-refractivity contribution in [2.45, 2.75) is 19.1 Å². The minimum absolute atomic E-state index is 0.153. The maximum atomic E-state index is 10.2. The Hall–Kier alpha value is -0.610. The van der Waals surface area contributed by atoms with Gasteiger partial charge in [0.25, 0.3) is 0 Å². The number of ether oxygens (including phenoxy) is 2. The van der Waals surface area contributed by atoms with E-state index in [0.717, 1.165) is 0 Å². The highest BCUT2D eigenvalue weighted by Gasteiger charge is 2.25. The molecule has 0 aromatic rings. The minimum Gasteiger partial charge on any atom is -0.481 e. The van der Waals surface area contributed by atoms with Gasteiger partial charge in [0, 0.05) is 14.2 Å². The highest BCUT2D eigenvalue weighted by molar-refractivity contribution is 5.67. The van der Waals surface area contributed by atoms with Gasteiger partial charge in [-0.1, -0.05) is 0 Å². The first-order valence-electron chi connectivity index (χ1n) is 2.86. The molecule has 0 rings (SSSR count). The van der Waals surface area contributed by atoms with E-state index in [0.29, 0.717) is 0 Å². The molecule has 0 saturated heterocycles. The zero-order chi connectivity index (χ0) is 8.20. The summed E-state index contributed by atoms with van der Waals surface area (Å²) < 4.78 is 9.59. The van der Waals surface area contributed by atoms with Gasteiger partial charge in [-0.15, -0.1) is 0 Å². The molecule has 10 heavy (non-hydrogen) atoms. The summed E-state index contributed by atoms with van der Waals surface area (Å²) in [6.45, 7) is 1.57. The van der Waals surface area contributed by atoms with Gasteiger partial charge in [0.2, 0.25) is 0 Å². The quantitative estimate of drug-likeness (QED) is 0.589. The van der Waals surface area contributed by atoms with Gasteiger partial charge in [-0.05, 0) is 6.92 Å². The second-order valence-corrected chi connectivity index (χ2v) is 2.11. The van der Waals surface area contributed by atoms with E-state index in [4.69, 9.17) is 14.6 Å². The molecule has 0 spiro atoms.